The topological polar surface area (TPSA) is 133 Å². The smallest absolute Gasteiger partial charge is 0.475 e. The number of nitrogens with zero attached hydrogens (tertiary/aromatic N) is 1. The van der Waals surface area contributed by atoms with Gasteiger partial charge in [0, 0.05) is 29.8 Å². The fraction of sp³-hybridized carbons (Fsp3) is 0.133. The van der Waals surface area contributed by atoms with Crippen molar-refractivity contribution in [3.05, 3.63) is 111 Å². The molecule has 0 saturated heterocycles. The number of alkyl halides is 3. The van der Waals surface area contributed by atoms with Gasteiger partial charge in [0.05, 0.1) is 20.0 Å². The number of aromatic nitrogens is 2. The summed E-state index contributed by atoms with van der Waals surface area (Å²) >= 11 is 18.0. The van der Waals surface area contributed by atoms with Crippen LogP contribution in [-0.2, 0) is 27.8 Å². The largest absolute Gasteiger partial charge is 0.490 e. The van der Waals surface area contributed by atoms with Gasteiger partial charge >= 0.3 is 12.1 Å². The highest BCUT2D eigenvalue weighted by atomic mass is 35.5. The summed E-state index contributed by atoms with van der Waals surface area (Å²) in [7, 11) is -4.02. The molecule has 5 aromatic rings. The molecule has 5 rings (SSSR count). The Hall–Kier alpha value is -4.01. The van der Waals surface area contributed by atoms with Crippen molar-refractivity contribution in [2.75, 3.05) is 11.3 Å². The van der Waals surface area contributed by atoms with Crippen molar-refractivity contribution in [3.8, 4) is 11.6 Å². The van der Waals surface area contributed by atoms with E-state index in [1.807, 2.05) is 36.5 Å². The van der Waals surface area contributed by atoms with E-state index >= 15 is 0 Å². The summed E-state index contributed by atoms with van der Waals surface area (Å²) in [5.74, 6) is -2.21. The predicted molar refractivity (Wildman–Crippen MR) is 170 cm³/mol. The molecule has 0 radical (unpaired) electrons. The van der Waals surface area contributed by atoms with Gasteiger partial charge in [-0.25, -0.2) is 18.2 Å². The van der Waals surface area contributed by atoms with E-state index in [1.165, 1.54) is 41.4 Å². The molecule has 0 spiro atoms. The Morgan fingerprint density at radius 3 is 2.43 bits per heavy atom. The van der Waals surface area contributed by atoms with Gasteiger partial charge in [-0.05, 0) is 66.6 Å². The second-order valence-corrected chi connectivity index (χ2v) is 12.5. The summed E-state index contributed by atoms with van der Waals surface area (Å²) < 4.78 is 66.2. The number of nitrogens with one attached hydrogen (secondary N) is 3. The second kappa shape index (κ2) is 15.1. The number of ether oxygens (including phenoxy) is 1. The Balaban J connectivity index is 0.000000617. The molecule has 0 fully saturated rings. The molecular weight excluding hydrogens is 692 g/mol. The third-order valence-electron chi connectivity index (χ3n) is 6.19. The van der Waals surface area contributed by atoms with Gasteiger partial charge in [0.25, 0.3) is 10.0 Å². The van der Waals surface area contributed by atoms with E-state index in [9.17, 15) is 21.6 Å². The molecule has 0 aliphatic heterocycles. The molecule has 0 bridgehead atoms. The number of benzene rings is 3. The van der Waals surface area contributed by atoms with Crippen molar-refractivity contribution in [2.24, 2.45) is 0 Å². The highest BCUT2D eigenvalue weighted by Crippen LogP contribution is 2.33. The van der Waals surface area contributed by atoms with Crippen LogP contribution in [0.4, 0.5) is 18.9 Å². The Morgan fingerprint density at radius 1 is 0.978 bits per heavy atom. The van der Waals surface area contributed by atoms with E-state index in [2.05, 4.69) is 32.1 Å². The first kappa shape index (κ1) is 34.9. The fourth-order valence-corrected chi connectivity index (χ4v) is 5.65. The van der Waals surface area contributed by atoms with Crippen LogP contribution in [0.5, 0.6) is 11.6 Å². The van der Waals surface area contributed by atoms with E-state index in [4.69, 9.17) is 49.4 Å². The minimum absolute atomic E-state index is 0.0486. The first-order valence-corrected chi connectivity index (χ1v) is 15.8. The molecule has 242 valence electrons. The Morgan fingerprint density at radius 2 is 1.72 bits per heavy atom. The van der Waals surface area contributed by atoms with Gasteiger partial charge in [-0.2, -0.15) is 13.2 Å². The number of sulfonamides is 1. The summed E-state index contributed by atoms with van der Waals surface area (Å²) in [6.07, 6.45) is -0.769. The number of rotatable bonds is 10. The highest BCUT2D eigenvalue weighted by Gasteiger charge is 2.38. The third-order valence-corrected chi connectivity index (χ3v) is 8.50. The minimum Gasteiger partial charge on any atom is -0.475 e. The third kappa shape index (κ3) is 9.50. The Bertz CT molecular complexity index is 1960. The molecule has 0 unspecified atom stereocenters. The van der Waals surface area contributed by atoms with Crippen LogP contribution in [0.3, 0.4) is 0 Å². The maximum atomic E-state index is 13.0. The van der Waals surface area contributed by atoms with Crippen LogP contribution in [0.2, 0.25) is 15.1 Å². The molecule has 16 heteroatoms. The summed E-state index contributed by atoms with van der Waals surface area (Å²) in [5, 5.41) is 12.4. The summed E-state index contributed by atoms with van der Waals surface area (Å²) in [6.45, 7) is 1.43. The molecule has 0 aliphatic carbocycles. The first-order valence-electron chi connectivity index (χ1n) is 13.2. The maximum Gasteiger partial charge on any atom is 0.490 e. The van der Waals surface area contributed by atoms with E-state index in [1.54, 1.807) is 6.07 Å². The van der Waals surface area contributed by atoms with Gasteiger partial charge < -0.3 is 20.1 Å². The molecule has 0 aliphatic rings. The second-order valence-electron chi connectivity index (χ2n) is 9.53. The number of anilines is 1. The Labute approximate surface area is 276 Å². The zero-order chi connectivity index (χ0) is 33.5. The summed E-state index contributed by atoms with van der Waals surface area (Å²) in [4.78, 5) is 16.3. The van der Waals surface area contributed by atoms with Gasteiger partial charge in [0.1, 0.15) is 11.4 Å². The summed E-state index contributed by atoms with van der Waals surface area (Å²) in [6, 6.07) is 21.2. The number of aliphatic carboxylic acids is 1. The Kier molecular flexibility index (Phi) is 11.4. The molecule has 2 aromatic heterocycles. The van der Waals surface area contributed by atoms with Crippen molar-refractivity contribution in [1.82, 2.24) is 15.3 Å². The fourth-order valence-electron chi connectivity index (χ4n) is 4.05. The molecule has 4 N–H and O–H groups in total. The first-order chi connectivity index (χ1) is 21.7. The average molecular weight is 716 g/mol. The van der Waals surface area contributed by atoms with E-state index in [0.717, 1.165) is 24.0 Å². The molecule has 9 nitrogen and oxygen atoms in total. The van der Waals surface area contributed by atoms with Crippen molar-refractivity contribution in [1.29, 1.82) is 0 Å². The van der Waals surface area contributed by atoms with Crippen LogP contribution in [0.1, 0.15) is 11.1 Å². The number of carboxylic acid groups (broad SMARTS) is 1. The molecule has 3 aromatic carbocycles. The van der Waals surface area contributed by atoms with Gasteiger partial charge in [-0.3, -0.25) is 4.72 Å². The van der Waals surface area contributed by atoms with Crippen LogP contribution in [0.25, 0.3) is 10.9 Å². The van der Waals surface area contributed by atoms with Crippen LogP contribution >= 0.6 is 34.8 Å². The van der Waals surface area contributed by atoms with E-state index in [-0.39, 0.29) is 31.5 Å². The quantitative estimate of drug-likeness (QED) is 0.108. The van der Waals surface area contributed by atoms with Crippen molar-refractivity contribution >= 4 is 67.4 Å². The molecule has 2 heterocycles. The number of para-hydroxylation sites is 1. The number of hydrogen-bond donors (Lipinski definition) is 4. The van der Waals surface area contributed by atoms with Crippen LogP contribution < -0.4 is 14.8 Å². The number of aromatic amines is 1. The predicted octanol–water partition coefficient (Wildman–Crippen LogP) is 8.08. The molecule has 0 atom stereocenters. The van der Waals surface area contributed by atoms with Crippen LogP contribution in [-0.4, -0.2) is 42.2 Å². The standard InChI is InChI=1S/C28H23Cl3N4O3S.C2HF3O2/c29-20-13-27(35-39(36,37)22-8-9-24(30)25(31)14-22)28(34-17-20)38-21-5-3-4-18(12-21)15-32-11-10-19-16-33-26-7-2-1-6-23(19)26;3-2(4,5)1(6)7/h1-9,12-14,16-17,32-33,35H,10-11,15H2;(H,6,7). The van der Waals surface area contributed by atoms with Crippen molar-refractivity contribution in [3.63, 3.8) is 0 Å². The number of H-pyrrole nitrogens is 1. The lowest BCUT2D eigenvalue weighted by Crippen LogP contribution is -2.21. The van der Waals surface area contributed by atoms with Crippen LogP contribution in [0, 0.1) is 0 Å². The lowest BCUT2D eigenvalue weighted by Gasteiger charge is -2.14. The van der Waals surface area contributed by atoms with E-state index in [0.29, 0.717) is 12.3 Å². The van der Waals surface area contributed by atoms with Gasteiger partial charge in [-0.15, -0.1) is 0 Å². The minimum atomic E-state index is -5.08. The van der Waals surface area contributed by atoms with E-state index < -0.39 is 22.2 Å². The van der Waals surface area contributed by atoms with Crippen LogP contribution in [0.15, 0.2) is 90.1 Å². The zero-order valence-electron chi connectivity index (χ0n) is 23.4. The number of fused-ring (bicyclic) bond motifs is 1. The molecule has 0 amide bonds. The van der Waals surface area contributed by atoms with Crippen molar-refractivity contribution < 1.29 is 36.2 Å². The lowest BCUT2D eigenvalue weighted by molar-refractivity contribution is -0.192. The van der Waals surface area contributed by atoms with Gasteiger partial charge in [0.15, 0.2) is 0 Å². The number of halogens is 6. The molecular formula is C30H24Cl3F3N4O5S. The number of hydrogen-bond acceptors (Lipinski definition) is 6. The number of carboxylic acids is 1. The normalized spacial score (nSPS) is 11.5. The average Bonchev–Trinajstić information content (AvgIpc) is 3.41. The lowest BCUT2D eigenvalue weighted by atomic mass is 10.1. The SMILES string of the molecule is O=C(O)C(F)(F)F.O=S(=O)(Nc1cc(Cl)cnc1Oc1cccc(CNCCc2c[nH]c3ccccc23)c1)c1ccc(Cl)c(Cl)c1. The monoisotopic (exact) mass is 714 g/mol. The maximum absolute atomic E-state index is 13.0. The molecule has 46 heavy (non-hydrogen) atoms. The number of carbonyl (C=O) groups is 1. The zero-order valence-corrected chi connectivity index (χ0v) is 26.5. The number of pyridine rings is 1. The highest BCUT2D eigenvalue weighted by molar-refractivity contribution is 7.92. The van der Waals surface area contributed by atoms with Crippen molar-refractivity contribution in [2.45, 2.75) is 24.0 Å². The van der Waals surface area contributed by atoms with Gasteiger partial charge in [0.2, 0.25) is 5.88 Å². The summed E-state index contributed by atoms with van der Waals surface area (Å²) in [5.41, 5.74) is 3.47. The molecule has 0 saturated carbocycles. The van der Waals surface area contributed by atoms with Gasteiger partial charge in [-0.1, -0.05) is 65.1 Å².